The van der Waals surface area contributed by atoms with Gasteiger partial charge in [0.1, 0.15) is 6.07 Å². The molecule has 3 aromatic rings. The maximum atomic E-state index is 9.64. The van der Waals surface area contributed by atoms with Gasteiger partial charge in [0.05, 0.1) is 5.69 Å². The maximum absolute atomic E-state index is 9.64. The Labute approximate surface area is 141 Å². The van der Waals surface area contributed by atoms with Gasteiger partial charge in [0.15, 0.2) is 5.70 Å². The Kier molecular flexibility index (Phi) is 4.91. The van der Waals surface area contributed by atoms with Crippen LogP contribution in [0.5, 0.6) is 0 Å². The smallest absolute Gasteiger partial charge is 0.171 e. The van der Waals surface area contributed by atoms with Crippen LogP contribution in [0.15, 0.2) is 107 Å². The molecule has 0 aliphatic rings. The molecule has 114 valence electrons. The maximum Gasteiger partial charge on any atom is 0.171 e. The van der Waals surface area contributed by atoms with Crippen molar-refractivity contribution >= 4 is 11.3 Å². The van der Waals surface area contributed by atoms with Crippen LogP contribution < -0.4 is 0 Å². The Balaban J connectivity index is 2.13. The molecular formula is C21H15N3. The summed E-state index contributed by atoms with van der Waals surface area (Å²) in [6.07, 6.45) is 0. The molecule has 24 heavy (non-hydrogen) atoms. The molecule has 0 N–H and O–H groups in total. The number of hydrogen-bond donors (Lipinski definition) is 0. The van der Waals surface area contributed by atoms with Crippen molar-refractivity contribution in [3.05, 3.63) is 108 Å². The van der Waals surface area contributed by atoms with Gasteiger partial charge in [-0.15, -0.1) is 10.2 Å². The molecule has 0 aliphatic heterocycles. The molecule has 0 heterocycles. The van der Waals surface area contributed by atoms with Crippen LogP contribution in [0.4, 0.5) is 5.69 Å². The van der Waals surface area contributed by atoms with Crippen molar-refractivity contribution in [2.45, 2.75) is 0 Å². The Morgan fingerprint density at radius 3 is 1.58 bits per heavy atom. The standard InChI is InChI=1S/C21H15N3/c22-16-20(24-23-19-14-8-3-9-15-19)21(17-10-4-1-5-11-17)18-12-6-2-7-13-18/h1-15H. The van der Waals surface area contributed by atoms with Crippen LogP contribution in [-0.2, 0) is 0 Å². The summed E-state index contributed by atoms with van der Waals surface area (Å²) in [7, 11) is 0. The van der Waals surface area contributed by atoms with Crippen LogP contribution in [0.25, 0.3) is 5.57 Å². The summed E-state index contributed by atoms with van der Waals surface area (Å²) >= 11 is 0. The lowest BCUT2D eigenvalue weighted by molar-refractivity contribution is 1.17. The van der Waals surface area contributed by atoms with E-state index >= 15 is 0 Å². The summed E-state index contributed by atoms with van der Waals surface area (Å²) in [5, 5.41) is 18.0. The number of nitriles is 1. The predicted octanol–water partition coefficient (Wildman–Crippen LogP) is 5.75. The quantitative estimate of drug-likeness (QED) is 0.447. The van der Waals surface area contributed by atoms with Crippen molar-refractivity contribution in [2.75, 3.05) is 0 Å². The first-order chi connectivity index (χ1) is 11.9. The van der Waals surface area contributed by atoms with E-state index in [4.69, 9.17) is 0 Å². The average Bonchev–Trinajstić information content (AvgIpc) is 2.67. The van der Waals surface area contributed by atoms with Crippen molar-refractivity contribution in [3.63, 3.8) is 0 Å². The number of benzene rings is 3. The first-order valence-electron chi connectivity index (χ1n) is 7.60. The number of azo groups is 1. The lowest BCUT2D eigenvalue weighted by Gasteiger charge is -2.08. The van der Waals surface area contributed by atoms with Gasteiger partial charge in [-0.2, -0.15) is 5.26 Å². The highest BCUT2D eigenvalue weighted by Gasteiger charge is 2.11. The zero-order valence-electron chi connectivity index (χ0n) is 13.0. The van der Waals surface area contributed by atoms with E-state index in [0.29, 0.717) is 5.69 Å². The van der Waals surface area contributed by atoms with Crippen LogP contribution in [0.2, 0.25) is 0 Å². The fourth-order valence-corrected chi connectivity index (χ4v) is 2.38. The molecule has 3 heteroatoms. The Bertz CT molecular complexity index is 849. The third-order valence-electron chi connectivity index (χ3n) is 3.49. The summed E-state index contributed by atoms with van der Waals surface area (Å²) in [5.74, 6) is 0. The summed E-state index contributed by atoms with van der Waals surface area (Å²) in [4.78, 5) is 0. The summed E-state index contributed by atoms with van der Waals surface area (Å²) < 4.78 is 0. The molecule has 0 aromatic heterocycles. The molecule has 0 atom stereocenters. The molecule has 0 fully saturated rings. The molecule has 0 bridgehead atoms. The average molecular weight is 309 g/mol. The molecular weight excluding hydrogens is 294 g/mol. The second-order valence-electron chi connectivity index (χ2n) is 5.10. The normalized spacial score (nSPS) is 10.3. The minimum atomic E-state index is 0.288. The number of nitrogens with zero attached hydrogens (tertiary/aromatic N) is 3. The third kappa shape index (κ3) is 3.63. The van der Waals surface area contributed by atoms with Gasteiger partial charge in [0, 0.05) is 5.57 Å². The minimum absolute atomic E-state index is 0.288. The summed E-state index contributed by atoms with van der Waals surface area (Å²) in [6.45, 7) is 0. The predicted molar refractivity (Wildman–Crippen MR) is 95.5 cm³/mol. The molecule has 0 radical (unpaired) electrons. The Morgan fingerprint density at radius 1 is 0.667 bits per heavy atom. The second-order valence-corrected chi connectivity index (χ2v) is 5.10. The number of allylic oxidation sites excluding steroid dienone is 1. The molecule has 0 saturated heterocycles. The van der Waals surface area contributed by atoms with E-state index < -0.39 is 0 Å². The highest BCUT2D eigenvalue weighted by Crippen LogP contribution is 2.28. The number of hydrogen-bond acceptors (Lipinski definition) is 3. The molecule has 0 saturated carbocycles. The van der Waals surface area contributed by atoms with Gasteiger partial charge in [-0.25, -0.2) is 0 Å². The largest absolute Gasteiger partial charge is 0.191 e. The van der Waals surface area contributed by atoms with Gasteiger partial charge in [-0.05, 0) is 23.3 Å². The van der Waals surface area contributed by atoms with Gasteiger partial charge < -0.3 is 0 Å². The van der Waals surface area contributed by atoms with Crippen molar-refractivity contribution in [1.29, 1.82) is 5.26 Å². The van der Waals surface area contributed by atoms with Crippen molar-refractivity contribution in [3.8, 4) is 6.07 Å². The van der Waals surface area contributed by atoms with Crippen LogP contribution in [0.3, 0.4) is 0 Å². The molecule has 0 spiro atoms. The molecule has 3 rings (SSSR count). The molecule has 0 aliphatic carbocycles. The van der Waals surface area contributed by atoms with Crippen LogP contribution in [0, 0.1) is 11.3 Å². The van der Waals surface area contributed by atoms with E-state index in [1.165, 1.54) is 0 Å². The Hall–Kier alpha value is -3.51. The van der Waals surface area contributed by atoms with Gasteiger partial charge in [0.25, 0.3) is 0 Å². The molecule has 0 amide bonds. The first kappa shape index (κ1) is 15.4. The van der Waals surface area contributed by atoms with E-state index in [1.54, 1.807) is 0 Å². The van der Waals surface area contributed by atoms with Gasteiger partial charge >= 0.3 is 0 Å². The summed E-state index contributed by atoms with van der Waals surface area (Å²) in [6, 6.07) is 31.1. The molecule has 3 nitrogen and oxygen atoms in total. The minimum Gasteiger partial charge on any atom is -0.191 e. The second kappa shape index (κ2) is 7.66. The fraction of sp³-hybridized carbons (Fsp3) is 0. The van der Waals surface area contributed by atoms with Crippen LogP contribution in [-0.4, -0.2) is 0 Å². The van der Waals surface area contributed by atoms with Gasteiger partial charge in [-0.1, -0.05) is 78.9 Å². The van der Waals surface area contributed by atoms with E-state index in [0.717, 1.165) is 16.7 Å². The lowest BCUT2D eigenvalue weighted by Crippen LogP contribution is -1.91. The Morgan fingerprint density at radius 2 is 1.12 bits per heavy atom. The molecule has 3 aromatic carbocycles. The van der Waals surface area contributed by atoms with Gasteiger partial charge in [0.2, 0.25) is 0 Å². The number of rotatable bonds is 4. The third-order valence-corrected chi connectivity index (χ3v) is 3.49. The monoisotopic (exact) mass is 309 g/mol. The van der Waals surface area contributed by atoms with E-state index in [9.17, 15) is 5.26 Å². The van der Waals surface area contributed by atoms with E-state index in [1.807, 2.05) is 91.0 Å². The summed E-state index contributed by atoms with van der Waals surface area (Å²) in [5.41, 5.74) is 3.65. The lowest BCUT2D eigenvalue weighted by atomic mass is 9.96. The van der Waals surface area contributed by atoms with E-state index in [-0.39, 0.29) is 5.70 Å². The zero-order valence-corrected chi connectivity index (χ0v) is 13.0. The highest BCUT2D eigenvalue weighted by atomic mass is 15.1. The molecule has 0 unspecified atom stereocenters. The van der Waals surface area contributed by atoms with Gasteiger partial charge in [-0.3, -0.25) is 0 Å². The van der Waals surface area contributed by atoms with Crippen molar-refractivity contribution < 1.29 is 0 Å². The first-order valence-corrected chi connectivity index (χ1v) is 7.60. The fourth-order valence-electron chi connectivity index (χ4n) is 2.38. The SMILES string of the molecule is N#CC(N=Nc1ccccc1)=C(c1ccccc1)c1ccccc1. The van der Waals surface area contributed by atoms with Crippen molar-refractivity contribution in [1.82, 2.24) is 0 Å². The van der Waals surface area contributed by atoms with Crippen LogP contribution in [0.1, 0.15) is 11.1 Å². The van der Waals surface area contributed by atoms with Crippen LogP contribution >= 0.6 is 0 Å². The zero-order chi connectivity index (χ0) is 16.6. The highest BCUT2D eigenvalue weighted by molar-refractivity contribution is 5.83. The topological polar surface area (TPSA) is 48.5 Å². The van der Waals surface area contributed by atoms with Crippen molar-refractivity contribution in [2.24, 2.45) is 10.2 Å². The van der Waals surface area contributed by atoms with E-state index in [2.05, 4.69) is 16.3 Å².